The first-order valence-electron chi connectivity index (χ1n) is 7.79. The molecule has 1 aliphatic rings. The summed E-state index contributed by atoms with van der Waals surface area (Å²) in [5, 5.41) is 12.1. The smallest absolute Gasteiger partial charge is 0.158 e. The van der Waals surface area contributed by atoms with Crippen LogP contribution < -0.4 is 0 Å². The highest BCUT2D eigenvalue weighted by molar-refractivity contribution is 5.19. The van der Waals surface area contributed by atoms with Crippen molar-refractivity contribution in [1.82, 2.24) is 25.1 Å². The molecule has 0 unspecified atom stereocenters. The van der Waals surface area contributed by atoms with Crippen molar-refractivity contribution < 1.29 is 9.13 Å². The van der Waals surface area contributed by atoms with Gasteiger partial charge in [0.25, 0.3) is 0 Å². The van der Waals surface area contributed by atoms with E-state index in [1.54, 1.807) is 12.1 Å². The summed E-state index contributed by atoms with van der Waals surface area (Å²) >= 11 is 0. The van der Waals surface area contributed by atoms with Crippen LogP contribution in [0.2, 0.25) is 0 Å². The van der Waals surface area contributed by atoms with Crippen molar-refractivity contribution in [2.45, 2.75) is 39.0 Å². The number of nitrogens with zero attached hydrogens (tertiary/aromatic N) is 5. The number of hydrogen-bond donors (Lipinski definition) is 0. The third kappa shape index (κ3) is 3.73. The van der Waals surface area contributed by atoms with Gasteiger partial charge in [-0.2, -0.15) is 0 Å². The summed E-state index contributed by atoms with van der Waals surface area (Å²) in [6, 6.07) is 6.50. The van der Waals surface area contributed by atoms with Crippen molar-refractivity contribution in [1.29, 1.82) is 0 Å². The lowest BCUT2D eigenvalue weighted by Gasteiger charge is -2.33. The fourth-order valence-electron chi connectivity index (χ4n) is 2.74. The molecule has 23 heavy (non-hydrogen) atoms. The Morgan fingerprint density at radius 3 is 2.70 bits per heavy atom. The third-order valence-electron chi connectivity index (χ3n) is 3.93. The van der Waals surface area contributed by atoms with Crippen LogP contribution in [0, 0.1) is 5.82 Å². The van der Waals surface area contributed by atoms with Crippen LogP contribution in [0.15, 0.2) is 24.3 Å². The van der Waals surface area contributed by atoms with Crippen LogP contribution in [-0.2, 0) is 16.8 Å². The Kier molecular flexibility index (Phi) is 4.41. The molecule has 0 radical (unpaired) electrons. The van der Waals surface area contributed by atoms with E-state index in [4.69, 9.17) is 4.74 Å². The van der Waals surface area contributed by atoms with E-state index in [9.17, 15) is 4.39 Å². The van der Waals surface area contributed by atoms with Gasteiger partial charge in [0.1, 0.15) is 5.82 Å². The molecule has 1 atom stereocenters. The predicted molar refractivity (Wildman–Crippen MR) is 83.2 cm³/mol. The number of aromatic nitrogens is 4. The normalized spacial score (nSPS) is 19.9. The highest BCUT2D eigenvalue weighted by Crippen LogP contribution is 2.24. The first kappa shape index (κ1) is 16.0. The molecule has 0 bridgehead atoms. The molecule has 1 aromatic carbocycles. The fraction of sp³-hybridized carbons (Fsp3) is 0.562. The van der Waals surface area contributed by atoms with Gasteiger partial charge >= 0.3 is 0 Å². The van der Waals surface area contributed by atoms with Gasteiger partial charge in [0.15, 0.2) is 5.82 Å². The van der Waals surface area contributed by atoms with Gasteiger partial charge in [-0.1, -0.05) is 32.9 Å². The first-order valence-corrected chi connectivity index (χ1v) is 7.79. The quantitative estimate of drug-likeness (QED) is 0.867. The Morgan fingerprint density at radius 2 is 2.00 bits per heavy atom. The molecule has 0 amide bonds. The van der Waals surface area contributed by atoms with E-state index in [0.717, 1.165) is 24.5 Å². The molecule has 6 nitrogen and oxygen atoms in total. The molecular formula is C16H22FN5O. The molecule has 3 rings (SSSR count). The van der Waals surface area contributed by atoms with E-state index < -0.39 is 0 Å². The zero-order chi connectivity index (χ0) is 16.4. The molecule has 2 heterocycles. The van der Waals surface area contributed by atoms with E-state index in [0.29, 0.717) is 13.3 Å². The average Bonchev–Trinajstić information content (AvgIpc) is 2.96. The summed E-state index contributed by atoms with van der Waals surface area (Å²) < 4.78 is 20.7. The summed E-state index contributed by atoms with van der Waals surface area (Å²) in [6.45, 7) is 9.09. The topological polar surface area (TPSA) is 56.1 Å². The van der Waals surface area contributed by atoms with Crippen LogP contribution in [0.1, 0.15) is 38.3 Å². The van der Waals surface area contributed by atoms with Crippen LogP contribution in [0.25, 0.3) is 0 Å². The van der Waals surface area contributed by atoms with Gasteiger partial charge < -0.3 is 4.74 Å². The molecule has 0 N–H and O–H groups in total. The second-order valence-electron chi connectivity index (χ2n) is 6.88. The Bertz CT molecular complexity index is 649. The van der Waals surface area contributed by atoms with Crippen LogP contribution in [0.4, 0.5) is 4.39 Å². The minimum Gasteiger partial charge on any atom is -0.371 e. The second kappa shape index (κ2) is 6.33. The molecule has 124 valence electrons. The van der Waals surface area contributed by atoms with E-state index in [1.165, 1.54) is 12.1 Å². The monoisotopic (exact) mass is 319 g/mol. The largest absolute Gasteiger partial charge is 0.371 e. The molecule has 0 saturated carbocycles. The fourth-order valence-corrected chi connectivity index (χ4v) is 2.74. The van der Waals surface area contributed by atoms with Crippen molar-refractivity contribution >= 4 is 0 Å². The van der Waals surface area contributed by atoms with Crippen LogP contribution in [0.5, 0.6) is 0 Å². The minimum absolute atomic E-state index is 0.0566. The molecule has 1 saturated heterocycles. The van der Waals surface area contributed by atoms with E-state index in [-0.39, 0.29) is 17.3 Å². The lowest BCUT2D eigenvalue weighted by molar-refractivity contribution is -0.0424. The highest BCUT2D eigenvalue weighted by atomic mass is 19.1. The Morgan fingerprint density at radius 1 is 1.26 bits per heavy atom. The zero-order valence-electron chi connectivity index (χ0n) is 13.7. The van der Waals surface area contributed by atoms with E-state index >= 15 is 0 Å². The maximum atomic E-state index is 13.1. The predicted octanol–water partition coefficient (Wildman–Crippen LogP) is 2.14. The maximum absolute atomic E-state index is 13.1. The third-order valence-corrected chi connectivity index (χ3v) is 3.93. The molecule has 1 aliphatic heterocycles. The number of morpholine rings is 1. The Hall–Kier alpha value is -1.86. The van der Waals surface area contributed by atoms with Crippen molar-refractivity contribution in [2.75, 3.05) is 19.7 Å². The average molecular weight is 319 g/mol. The number of benzene rings is 1. The molecule has 7 heteroatoms. The molecule has 1 aromatic heterocycles. The molecule has 0 aliphatic carbocycles. The molecule has 1 fully saturated rings. The maximum Gasteiger partial charge on any atom is 0.158 e. The SMILES string of the molecule is CC(C)(C)c1nnnn1CN1CCO[C@H](c2ccc(F)cc2)C1. The van der Waals surface area contributed by atoms with E-state index in [2.05, 4.69) is 41.2 Å². The van der Waals surface area contributed by atoms with Crippen molar-refractivity contribution in [3.63, 3.8) is 0 Å². The van der Waals surface area contributed by atoms with Crippen LogP contribution in [0.3, 0.4) is 0 Å². The van der Waals surface area contributed by atoms with Crippen molar-refractivity contribution in [3.8, 4) is 0 Å². The van der Waals surface area contributed by atoms with Crippen LogP contribution in [-0.4, -0.2) is 44.8 Å². The highest BCUT2D eigenvalue weighted by Gasteiger charge is 2.26. The molecule has 2 aromatic rings. The number of rotatable bonds is 3. The van der Waals surface area contributed by atoms with Gasteiger partial charge in [-0.05, 0) is 28.1 Å². The molecular weight excluding hydrogens is 297 g/mol. The summed E-state index contributed by atoms with van der Waals surface area (Å²) in [4.78, 5) is 2.25. The number of hydrogen-bond acceptors (Lipinski definition) is 5. The van der Waals surface area contributed by atoms with Gasteiger partial charge in [-0.15, -0.1) is 5.10 Å². The number of halogens is 1. The second-order valence-corrected chi connectivity index (χ2v) is 6.88. The summed E-state index contributed by atoms with van der Waals surface area (Å²) in [5.41, 5.74) is 0.885. The first-order chi connectivity index (χ1) is 10.9. The van der Waals surface area contributed by atoms with Crippen LogP contribution >= 0.6 is 0 Å². The van der Waals surface area contributed by atoms with Crippen molar-refractivity contribution in [3.05, 3.63) is 41.5 Å². The zero-order valence-corrected chi connectivity index (χ0v) is 13.7. The van der Waals surface area contributed by atoms with Gasteiger partial charge in [0.05, 0.1) is 19.4 Å². The standard InChI is InChI=1S/C16H22FN5O/c1-16(2,3)15-18-19-20-22(15)11-21-8-9-23-14(10-21)12-4-6-13(17)7-5-12/h4-7,14H,8-11H2,1-3H3/t14-/m0/s1. The summed E-state index contributed by atoms with van der Waals surface area (Å²) in [5.74, 6) is 0.632. The van der Waals surface area contributed by atoms with Gasteiger partial charge in [0.2, 0.25) is 0 Å². The van der Waals surface area contributed by atoms with Gasteiger partial charge in [-0.3, -0.25) is 4.90 Å². The summed E-state index contributed by atoms with van der Waals surface area (Å²) in [7, 11) is 0. The van der Waals surface area contributed by atoms with E-state index in [1.807, 2.05) is 4.68 Å². The van der Waals surface area contributed by atoms with Gasteiger partial charge in [0, 0.05) is 18.5 Å². The lowest BCUT2D eigenvalue weighted by atomic mass is 9.96. The van der Waals surface area contributed by atoms with Crippen molar-refractivity contribution in [2.24, 2.45) is 0 Å². The van der Waals surface area contributed by atoms with Gasteiger partial charge in [-0.25, -0.2) is 9.07 Å². The lowest BCUT2D eigenvalue weighted by Crippen LogP contribution is -2.40. The number of tetrazole rings is 1. The Labute approximate surface area is 135 Å². The Balaban J connectivity index is 1.70. The minimum atomic E-state index is -0.232. The summed E-state index contributed by atoms with van der Waals surface area (Å²) in [6.07, 6.45) is -0.0566. The number of ether oxygens (including phenoxy) is 1. The molecule has 0 spiro atoms.